The van der Waals surface area contributed by atoms with Gasteiger partial charge in [0.25, 0.3) is 5.56 Å². The van der Waals surface area contributed by atoms with Gasteiger partial charge in [0.05, 0.1) is 17.0 Å². The van der Waals surface area contributed by atoms with Crippen LogP contribution < -0.4 is 16.0 Å². The van der Waals surface area contributed by atoms with Gasteiger partial charge < -0.3 is 15.0 Å². The van der Waals surface area contributed by atoms with Gasteiger partial charge in [0.2, 0.25) is 5.88 Å². The summed E-state index contributed by atoms with van der Waals surface area (Å²) in [6.07, 6.45) is 0. The van der Waals surface area contributed by atoms with Crippen LogP contribution in [0, 0.1) is 18.3 Å². The number of pyridine rings is 1. The van der Waals surface area contributed by atoms with Gasteiger partial charge in [0, 0.05) is 17.3 Å². The first-order valence-electron chi connectivity index (χ1n) is 7.77. The van der Waals surface area contributed by atoms with Crippen LogP contribution in [0.25, 0.3) is 10.9 Å². The van der Waals surface area contributed by atoms with Gasteiger partial charge in [-0.25, -0.2) is 0 Å². The van der Waals surface area contributed by atoms with Crippen molar-refractivity contribution in [1.82, 2.24) is 4.57 Å². The fourth-order valence-corrected chi connectivity index (χ4v) is 4.41. The Morgan fingerprint density at radius 2 is 2.08 bits per heavy atom. The van der Waals surface area contributed by atoms with Gasteiger partial charge in [-0.1, -0.05) is 12.1 Å². The first kappa shape index (κ1) is 15.5. The summed E-state index contributed by atoms with van der Waals surface area (Å²) in [5.41, 5.74) is 8.43. The number of nitrogens with zero attached hydrogens (tertiary/aromatic N) is 2. The highest BCUT2D eigenvalue weighted by Crippen LogP contribution is 2.45. The summed E-state index contributed by atoms with van der Waals surface area (Å²) in [7, 11) is 1.73. The highest BCUT2D eigenvalue weighted by Gasteiger charge is 2.36. The molecule has 0 amide bonds. The van der Waals surface area contributed by atoms with E-state index in [1.165, 1.54) is 11.3 Å². The maximum Gasteiger partial charge on any atom is 0.258 e. The van der Waals surface area contributed by atoms with E-state index < -0.39 is 5.92 Å². The molecule has 0 saturated carbocycles. The minimum atomic E-state index is -0.503. The molecule has 5 nitrogen and oxygen atoms in total. The van der Waals surface area contributed by atoms with E-state index in [4.69, 9.17) is 10.5 Å². The van der Waals surface area contributed by atoms with Crippen LogP contribution in [0.1, 0.15) is 21.9 Å². The fraction of sp³-hybridized carbons (Fsp3) is 0.158. The van der Waals surface area contributed by atoms with Gasteiger partial charge in [-0.15, -0.1) is 11.3 Å². The molecule has 3 heterocycles. The molecule has 2 N–H and O–H groups in total. The Labute approximate surface area is 148 Å². The van der Waals surface area contributed by atoms with E-state index in [1.807, 2.05) is 42.6 Å². The van der Waals surface area contributed by atoms with Crippen molar-refractivity contribution in [3.8, 4) is 11.8 Å². The molecule has 0 spiro atoms. The number of nitrogens with two attached hydrogens (primary N) is 1. The second-order valence-corrected chi connectivity index (χ2v) is 6.96. The van der Waals surface area contributed by atoms with Gasteiger partial charge in [0.1, 0.15) is 17.4 Å². The number of fused-ring (bicyclic) bond motifs is 3. The first-order chi connectivity index (χ1) is 12.0. The van der Waals surface area contributed by atoms with Crippen molar-refractivity contribution < 1.29 is 4.74 Å². The topological polar surface area (TPSA) is 81.0 Å². The van der Waals surface area contributed by atoms with E-state index in [9.17, 15) is 10.1 Å². The third kappa shape index (κ3) is 2.10. The summed E-state index contributed by atoms with van der Waals surface area (Å²) in [5.74, 6) is 0.0104. The van der Waals surface area contributed by atoms with Gasteiger partial charge in [0.15, 0.2) is 0 Å². The number of rotatable bonds is 1. The average Bonchev–Trinajstić information content (AvgIpc) is 3.04. The number of hydrogen-bond acceptors (Lipinski definition) is 5. The fourth-order valence-electron chi connectivity index (χ4n) is 3.37. The number of benzene rings is 1. The normalized spacial score (nSPS) is 16.4. The second kappa shape index (κ2) is 5.50. The molecule has 1 unspecified atom stereocenters. The van der Waals surface area contributed by atoms with Gasteiger partial charge >= 0.3 is 0 Å². The molecule has 1 aromatic carbocycles. The highest BCUT2D eigenvalue weighted by molar-refractivity contribution is 7.10. The monoisotopic (exact) mass is 349 g/mol. The van der Waals surface area contributed by atoms with E-state index in [-0.39, 0.29) is 17.0 Å². The maximum absolute atomic E-state index is 13.1. The van der Waals surface area contributed by atoms with Gasteiger partial charge in [-0.05, 0) is 36.1 Å². The van der Waals surface area contributed by atoms with Crippen molar-refractivity contribution >= 4 is 22.2 Å². The molecular formula is C19H15N3O2S. The molecule has 25 heavy (non-hydrogen) atoms. The van der Waals surface area contributed by atoms with Crippen LogP contribution in [0.2, 0.25) is 0 Å². The Morgan fingerprint density at radius 3 is 2.76 bits per heavy atom. The second-order valence-electron chi connectivity index (χ2n) is 6.02. The Kier molecular flexibility index (Phi) is 3.41. The van der Waals surface area contributed by atoms with Crippen molar-refractivity contribution in [2.45, 2.75) is 12.8 Å². The lowest BCUT2D eigenvalue weighted by atomic mass is 9.86. The SMILES string of the molecule is Cc1ccsc1C1C(C#N)=C(N)Oc2c1c(=O)n(C)c1ccccc21. The third-order valence-electron chi connectivity index (χ3n) is 4.63. The smallest absolute Gasteiger partial charge is 0.258 e. The average molecular weight is 349 g/mol. The molecule has 0 radical (unpaired) electrons. The summed E-state index contributed by atoms with van der Waals surface area (Å²) in [6.45, 7) is 1.97. The molecule has 0 bridgehead atoms. The molecule has 0 saturated heterocycles. The zero-order chi connectivity index (χ0) is 17.7. The quantitative estimate of drug-likeness (QED) is 0.732. The zero-order valence-electron chi connectivity index (χ0n) is 13.7. The summed E-state index contributed by atoms with van der Waals surface area (Å²) in [4.78, 5) is 14.1. The number of thiophene rings is 1. The number of aryl methyl sites for hydroxylation is 2. The van der Waals surface area contributed by atoms with Crippen LogP contribution in [0.4, 0.5) is 0 Å². The number of aromatic nitrogens is 1. The van der Waals surface area contributed by atoms with Gasteiger partial charge in [-0.3, -0.25) is 4.79 Å². The molecular weight excluding hydrogens is 334 g/mol. The summed E-state index contributed by atoms with van der Waals surface area (Å²) in [6, 6.07) is 11.7. The third-order valence-corrected chi connectivity index (χ3v) is 5.71. The minimum absolute atomic E-state index is 0.0613. The molecule has 2 aromatic heterocycles. The summed E-state index contributed by atoms with van der Waals surface area (Å²) in [5, 5.41) is 12.4. The van der Waals surface area contributed by atoms with E-state index in [0.717, 1.165) is 21.3 Å². The number of allylic oxidation sites excluding steroid dienone is 1. The van der Waals surface area contributed by atoms with Crippen LogP contribution in [-0.2, 0) is 7.05 Å². The predicted molar refractivity (Wildman–Crippen MR) is 97.5 cm³/mol. The van der Waals surface area contributed by atoms with E-state index in [0.29, 0.717) is 11.3 Å². The first-order valence-corrected chi connectivity index (χ1v) is 8.65. The largest absolute Gasteiger partial charge is 0.439 e. The minimum Gasteiger partial charge on any atom is -0.439 e. The zero-order valence-corrected chi connectivity index (χ0v) is 14.6. The Balaban J connectivity index is 2.17. The molecule has 4 rings (SSSR count). The lowest BCUT2D eigenvalue weighted by Gasteiger charge is -2.27. The van der Waals surface area contributed by atoms with E-state index in [1.54, 1.807) is 11.6 Å². The number of para-hydroxylation sites is 1. The van der Waals surface area contributed by atoms with Crippen LogP contribution >= 0.6 is 11.3 Å². The lowest BCUT2D eigenvalue weighted by Crippen LogP contribution is -2.31. The van der Waals surface area contributed by atoms with Crippen LogP contribution in [-0.4, -0.2) is 4.57 Å². The van der Waals surface area contributed by atoms with Crippen molar-refractivity contribution in [1.29, 1.82) is 5.26 Å². The van der Waals surface area contributed by atoms with Crippen molar-refractivity contribution in [3.05, 3.63) is 73.5 Å². The van der Waals surface area contributed by atoms with E-state index in [2.05, 4.69) is 6.07 Å². The highest BCUT2D eigenvalue weighted by atomic mass is 32.1. The number of nitriles is 1. The molecule has 1 atom stereocenters. The predicted octanol–water partition coefficient (Wildman–Crippen LogP) is 3.13. The molecule has 1 aliphatic rings. The van der Waals surface area contributed by atoms with Crippen molar-refractivity contribution in [2.75, 3.05) is 0 Å². The molecule has 0 aliphatic carbocycles. The number of hydrogen-bond donors (Lipinski definition) is 1. The Bertz CT molecular complexity index is 1150. The van der Waals surface area contributed by atoms with Crippen molar-refractivity contribution in [3.63, 3.8) is 0 Å². The summed E-state index contributed by atoms with van der Waals surface area (Å²) < 4.78 is 7.38. The standard InChI is InChI=1S/C19H15N3O2S/c1-10-7-8-25-17(10)14-12(9-20)18(21)24-16-11-5-3-4-6-13(11)22(2)19(23)15(14)16/h3-8,14H,21H2,1-2H3. The Hall–Kier alpha value is -3.04. The van der Waals surface area contributed by atoms with Crippen LogP contribution in [0.15, 0.2) is 52.0 Å². The Morgan fingerprint density at radius 1 is 1.32 bits per heavy atom. The van der Waals surface area contributed by atoms with E-state index >= 15 is 0 Å². The van der Waals surface area contributed by atoms with Gasteiger partial charge in [-0.2, -0.15) is 5.26 Å². The van der Waals surface area contributed by atoms with Crippen LogP contribution in [0.5, 0.6) is 5.75 Å². The molecule has 1 aliphatic heterocycles. The lowest BCUT2D eigenvalue weighted by molar-refractivity contribution is 0.396. The maximum atomic E-state index is 13.1. The van der Waals surface area contributed by atoms with Crippen molar-refractivity contribution in [2.24, 2.45) is 12.8 Å². The number of ether oxygens (including phenoxy) is 1. The molecule has 6 heteroatoms. The molecule has 124 valence electrons. The molecule has 3 aromatic rings. The van der Waals surface area contributed by atoms with Crippen LogP contribution in [0.3, 0.4) is 0 Å². The summed E-state index contributed by atoms with van der Waals surface area (Å²) >= 11 is 1.52. The molecule has 0 fully saturated rings.